The van der Waals surface area contributed by atoms with Gasteiger partial charge in [-0.1, -0.05) is 23.7 Å². The SMILES string of the molecule is Nc1c(-c2cc[nH]c2)ccc(CCO)c1Cl. The van der Waals surface area contributed by atoms with Crippen molar-refractivity contribution in [2.24, 2.45) is 0 Å². The van der Waals surface area contributed by atoms with E-state index in [0.29, 0.717) is 17.1 Å². The number of rotatable bonds is 3. The monoisotopic (exact) mass is 236 g/mol. The Morgan fingerprint density at radius 1 is 1.31 bits per heavy atom. The van der Waals surface area contributed by atoms with E-state index in [0.717, 1.165) is 16.7 Å². The lowest BCUT2D eigenvalue weighted by atomic mass is 10.0. The maximum atomic E-state index is 8.88. The number of aromatic amines is 1. The molecule has 0 aliphatic rings. The smallest absolute Gasteiger partial charge is 0.0674 e. The van der Waals surface area contributed by atoms with E-state index < -0.39 is 0 Å². The highest BCUT2D eigenvalue weighted by Gasteiger charge is 2.10. The Morgan fingerprint density at radius 2 is 2.12 bits per heavy atom. The lowest BCUT2D eigenvalue weighted by Crippen LogP contribution is -1.97. The molecule has 4 N–H and O–H groups in total. The summed E-state index contributed by atoms with van der Waals surface area (Å²) in [5, 5.41) is 9.42. The van der Waals surface area contributed by atoms with Crippen LogP contribution >= 0.6 is 11.6 Å². The number of nitrogens with two attached hydrogens (primary N) is 1. The summed E-state index contributed by atoms with van der Waals surface area (Å²) in [7, 11) is 0. The first-order valence-corrected chi connectivity index (χ1v) is 5.42. The van der Waals surface area contributed by atoms with Crippen molar-refractivity contribution in [3.63, 3.8) is 0 Å². The number of halogens is 1. The first-order chi connectivity index (χ1) is 7.74. The fourth-order valence-electron chi connectivity index (χ4n) is 1.69. The van der Waals surface area contributed by atoms with Gasteiger partial charge < -0.3 is 15.8 Å². The Kier molecular flexibility index (Phi) is 3.17. The Balaban J connectivity index is 2.47. The number of hydrogen-bond donors (Lipinski definition) is 3. The van der Waals surface area contributed by atoms with E-state index in [1.54, 1.807) is 0 Å². The van der Waals surface area contributed by atoms with Gasteiger partial charge in [0, 0.05) is 30.1 Å². The molecule has 3 nitrogen and oxygen atoms in total. The number of aliphatic hydroxyl groups excluding tert-OH is 1. The second-order valence-electron chi connectivity index (χ2n) is 3.57. The van der Waals surface area contributed by atoms with Crippen LogP contribution in [0.4, 0.5) is 5.69 Å². The van der Waals surface area contributed by atoms with Crippen molar-refractivity contribution >= 4 is 17.3 Å². The minimum Gasteiger partial charge on any atom is -0.397 e. The number of aromatic nitrogens is 1. The summed E-state index contributed by atoms with van der Waals surface area (Å²) in [5.74, 6) is 0. The van der Waals surface area contributed by atoms with Crippen LogP contribution in [0.15, 0.2) is 30.6 Å². The molecule has 2 aromatic rings. The predicted octanol–water partition coefficient (Wildman–Crippen LogP) is 2.45. The van der Waals surface area contributed by atoms with Crippen molar-refractivity contribution < 1.29 is 5.11 Å². The Morgan fingerprint density at radius 3 is 2.75 bits per heavy atom. The van der Waals surface area contributed by atoms with Crippen LogP contribution in [-0.2, 0) is 6.42 Å². The number of benzene rings is 1. The molecule has 0 saturated heterocycles. The van der Waals surface area contributed by atoms with Gasteiger partial charge in [-0.25, -0.2) is 0 Å². The predicted molar refractivity (Wildman–Crippen MR) is 66.4 cm³/mol. The molecule has 0 fully saturated rings. The average molecular weight is 237 g/mol. The van der Waals surface area contributed by atoms with Crippen molar-refractivity contribution in [1.82, 2.24) is 4.98 Å². The number of H-pyrrole nitrogens is 1. The van der Waals surface area contributed by atoms with Crippen LogP contribution in [0.2, 0.25) is 5.02 Å². The Hall–Kier alpha value is -1.45. The van der Waals surface area contributed by atoms with E-state index in [1.165, 1.54) is 0 Å². The highest BCUT2D eigenvalue weighted by Crippen LogP contribution is 2.34. The fourth-order valence-corrected chi connectivity index (χ4v) is 1.95. The molecular weight excluding hydrogens is 224 g/mol. The van der Waals surface area contributed by atoms with Gasteiger partial charge in [0.1, 0.15) is 0 Å². The first-order valence-electron chi connectivity index (χ1n) is 5.05. The number of hydrogen-bond acceptors (Lipinski definition) is 2. The molecule has 16 heavy (non-hydrogen) atoms. The zero-order valence-corrected chi connectivity index (χ0v) is 9.46. The van der Waals surface area contributed by atoms with Gasteiger partial charge in [-0.2, -0.15) is 0 Å². The standard InChI is InChI=1S/C12H13ClN2O/c13-11-8(4-6-16)1-2-10(12(11)14)9-3-5-15-7-9/h1-3,5,7,15-16H,4,6,14H2. The molecule has 0 saturated carbocycles. The fraction of sp³-hybridized carbons (Fsp3) is 0.167. The van der Waals surface area contributed by atoms with Gasteiger partial charge in [-0.05, 0) is 18.1 Å². The molecule has 1 aromatic heterocycles. The third-order valence-corrected chi connectivity index (χ3v) is 3.00. The van der Waals surface area contributed by atoms with Crippen LogP contribution in [0.5, 0.6) is 0 Å². The zero-order valence-electron chi connectivity index (χ0n) is 8.70. The van der Waals surface area contributed by atoms with E-state index in [-0.39, 0.29) is 6.61 Å². The van der Waals surface area contributed by atoms with E-state index >= 15 is 0 Å². The van der Waals surface area contributed by atoms with Crippen LogP contribution < -0.4 is 5.73 Å². The quantitative estimate of drug-likeness (QED) is 0.717. The molecule has 0 unspecified atom stereocenters. The molecule has 0 aliphatic heterocycles. The maximum absolute atomic E-state index is 8.88. The molecule has 1 heterocycles. The molecule has 0 aliphatic carbocycles. The molecule has 2 rings (SSSR count). The second-order valence-corrected chi connectivity index (χ2v) is 3.95. The van der Waals surface area contributed by atoms with Gasteiger partial charge in [-0.3, -0.25) is 0 Å². The molecule has 0 spiro atoms. The van der Waals surface area contributed by atoms with Gasteiger partial charge in [0.2, 0.25) is 0 Å². The van der Waals surface area contributed by atoms with Crippen molar-refractivity contribution in [3.8, 4) is 11.1 Å². The van der Waals surface area contributed by atoms with E-state index in [9.17, 15) is 0 Å². The molecule has 0 amide bonds. The van der Waals surface area contributed by atoms with Gasteiger partial charge in [0.05, 0.1) is 10.7 Å². The van der Waals surface area contributed by atoms with Crippen LogP contribution in [0, 0.1) is 0 Å². The van der Waals surface area contributed by atoms with Gasteiger partial charge in [-0.15, -0.1) is 0 Å². The molecule has 84 valence electrons. The number of nitrogens with one attached hydrogen (secondary N) is 1. The second kappa shape index (κ2) is 4.60. The molecule has 0 bridgehead atoms. The molecule has 1 aromatic carbocycles. The highest BCUT2D eigenvalue weighted by molar-refractivity contribution is 6.34. The summed E-state index contributed by atoms with van der Waals surface area (Å²) < 4.78 is 0. The van der Waals surface area contributed by atoms with Crippen molar-refractivity contribution in [1.29, 1.82) is 0 Å². The zero-order chi connectivity index (χ0) is 11.5. The molecule has 4 heteroatoms. The maximum Gasteiger partial charge on any atom is 0.0674 e. The highest BCUT2D eigenvalue weighted by atomic mass is 35.5. The van der Waals surface area contributed by atoms with Crippen molar-refractivity contribution in [2.45, 2.75) is 6.42 Å². The molecular formula is C12H13ClN2O. The average Bonchev–Trinajstić information content (AvgIpc) is 2.79. The topological polar surface area (TPSA) is 62.0 Å². The van der Waals surface area contributed by atoms with Crippen molar-refractivity contribution in [3.05, 3.63) is 41.2 Å². The summed E-state index contributed by atoms with van der Waals surface area (Å²) in [4.78, 5) is 2.98. The number of anilines is 1. The number of aliphatic hydroxyl groups is 1. The summed E-state index contributed by atoms with van der Waals surface area (Å²) >= 11 is 6.15. The van der Waals surface area contributed by atoms with Crippen LogP contribution in [-0.4, -0.2) is 16.7 Å². The molecule has 0 radical (unpaired) electrons. The third-order valence-electron chi connectivity index (χ3n) is 2.55. The van der Waals surface area contributed by atoms with E-state index in [4.69, 9.17) is 22.4 Å². The van der Waals surface area contributed by atoms with Crippen LogP contribution in [0.3, 0.4) is 0 Å². The van der Waals surface area contributed by atoms with Gasteiger partial charge >= 0.3 is 0 Å². The van der Waals surface area contributed by atoms with Crippen LogP contribution in [0.1, 0.15) is 5.56 Å². The third kappa shape index (κ3) is 1.92. The Labute approximate surface area is 98.9 Å². The summed E-state index contributed by atoms with van der Waals surface area (Å²) in [6.45, 7) is 0.0721. The minimum absolute atomic E-state index is 0.0721. The summed E-state index contributed by atoms with van der Waals surface area (Å²) in [6.07, 6.45) is 4.23. The van der Waals surface area contributed by atoms with Gasteiger partial charge in [0.25, 0.3) is 0 Å². The lowest BCUT2D eigenvalue weighted by Gasteiger charge is -2.10. The van der Waals surface area contributed by atoms with E-state index in [1.807, 2.05) is 30.6 Å². The van der Waals surface area contributed by atoms with Crippen molar-refractivity contribution in [2.75, 3.05) is 12.3 Å². The number of nitrogen functional groups attached to an aromatic ring is 1. The largest absolute Gasteiger partial charge is 0.397 e. The minimum atomic E-state index is 0.0721. The normalized spacial score (nSPS) is 10.6. The lowest BCUT2D eigenvalue weighted by molar-refractivity contribution is 0.299. The van der Waals surface area contributed by atoms with Crippen LogP contribution in [0.25, 0.3) is 11.1 Å². The van der Waals surface area contributed by atoms with E-state index in [2.05, 4.69) is 4.98 Å². The summed E-state index contributed by atoms with van der Waals surface area (Å²) in [5.41, 5.74) is 9.33. The Bertz CT molecular complexity index is 480. The summed E-state index contributed by atoms with van der Waals surface area (Å²) in [6, 6.07) is 5.76. The first kappa shape index (κ1) is 11.0. The molecule has 0 atom stereocenters. The van der Waals surface area contributed by atoms with Gasteiger partial charge in [0.15, 0.2) is 0 Å².